The van der Waals surface area contributed by atoms with E-state index in [2.05, 4.69) is 4.90 Å². The van der Waals surface area contributed by atoms with E-state index in [-0.39, 0.29) is 12.1 Å². The smallest absolute Gasteiger partial charge is 0.410 e. The summed E-state index contributed by atoms with van der Waals surface area (Å²) in [5.41, 5.74) is 0.500. The van der Waals surface area contributed by atoms with Crippen molar-refractivity contribution in [2.45, 2.75) is 33.3 Å². The van der Waals surface area contributed by atoms with Gasteiger partial charge in [0, 0.05) is 43.0 Å². The zero-order valence-electron chi connectivity index (χ0n) is 16.9. The fourth-order valence-electron chi connectivity index (χ4n) is 2.53. The van der Waals surface area contributed by atoms with E-state index >= 15 is 0 Å². The van der Waals surface area contributed by atoms with E-state index in [1.54, 1.807) is 18.9 Å². The molecule has 0 radical (unpaired) electrons. The second kappa shape index (κ2) is 8.61. The lowest BCUT2D eigenvalue weighted by molar-refractivity contribution is 0.0303. The Balaban J connectivity index is 2.10. The molecule has 0 N–H and O–H groups in total. The second-order valence-electron chi connectivity index (χ2n) is 7.34. The number of hydrogen-bond acceptors (Lipinski definition) is 6. The molecule has 0 atom stereocenters. The van der Waals surface area contributed by atoms with Gasteiger partial charge in [-0.25, -0.2) is 9.59 Å². The number of fused-ring (bicyclic) bond motifs is 1. The van der Waals surface area contributed by atoms with Crippen LogP contribution >= 0.6 is 11.3 Å². The number of esters is 1. The fourth-order valence-corrected chi connectivity index (χ4v) is 3.51. The molecule has 0 saturated heterocycles. The highest BCUT2D eigenvalue weighted by Crippen LogP contribution is 2.33. The lowest BCUT2D eigenvalue weighted by Gasteiger charge is -2.27. The van der Waals surface area contributed by atoms with E-state index in [4.69, 9.17) is 9.47 Å². The van der Waals surface area contributed by atoms with E-state index in [0.717, 1.165) is 15.8 Å². The highest BCUT2D eigenvalue weighted by molar-refractivity contribution is 7.20. The van der Waals surface area contributed by atoms with E-state index in [9.17, 15) is 9.59 Å². The molecule has 148 valence electrons. The quantitative estimate of drug-likeness (QED) is 0.683. The molecular weight excluding hydrogens is 364 g/mol. The van der Waals surface area contributed by atoms with Crippen molar-refractivity contribution in [2.24, 2.45) is 0 Å². The van der Waals surface area contributed by atoms with Crippen molar-refractivity contribution in [3.8, 4) is 0 Å². The van der Waals surface area contributed by atoms with Crippen LogP contribution in [-0.2, 0) is 9.47 Å². The predicted octanol–water partition coefficient (Wildman–Crippen LogP) is 4.38. The van der Waals surface area contributed by atoms with Gasteiger partial charge in [-0.1, -0.05) is 6.07 Å². The molecule has 2 aromatic rings. The first-order chi connectivity index (χ1) is 12.6. The Morgan fingerprint density at radius 3 is 2.48 bits per heavy atom. The summed E-state index contributed by atoms with van der Waals surface area (Å²) in [6.45, 7) is 8.87. The Morgan fingerprint density at radius 2 is 1.85 bits per heavy atom. The van der Waals surface area contributed by atoms with Crippen LogP contribution in [0.25, 0.3) is 10.1 Å². The minimum atomic E-state index is -0.511. The Kier molecular flexibility index (Phi) is 6.70. The lowest BCUT2D eigenvalue weighted by Crippen LogP contribution is -2.38. The van der Waals surface area contributed by atoms with Crippen molar-refractivity contribution >= 4 is 39.2 Å². The zero-order valence-corrected chi connectivity index (χ0v) is 17.7. The molecular formula is C20H28N2O4S. The molecule has 0 aliphatic rings. The molecule has 0 fully saturated rings. The molecule has 7 heteroatoms. The van der Waals surface area contributed by atoms with Gasteiger partial charge >= 0.3 is 12.1 Å². The molecule has 1 heterocycles. The van der Waals surface area contributed by atoms with E-state index in [1.807, 2.05) is 52.1 Å². The highest BCUT2D eigenvalue weighted by Gasteiger charge is 2.20. The minimum Gasteiger partial charge on any atom is -0.462 e. The zero-order chi connectivity index (χ0) is 20.2. The van der Waals surface area contributed by atoms with Crippen LogP contribution in [0.4, 0.5) is 10.5 Å². The number of amides is 1. The Morgan fingerprint density at radius 1 is 1.15 bits per heavy atom. The van der Waals surface area contributed by atoms with Crippen molar-refractivity contribution in [2.75, 3.05) is 38.7 Å². The maximum Gasteiger partial charge on any atom is 0.410 e. The van der Waals surface area contributed by atoms with Crippen molar-refractivity contribution < 1.29 is 19.1 Å². The minimum absolute atomic E-state index is 0.294. The van der Waals surface area contributed by atoms with Gasteiger partial charge in [0.25, 0.3) is 0 Å². The standard InChI is InChI=1S/C20H28N2O4S/c1-7-25-18(23)17-13-14-15(9-8-10-16(14)27-17)21(5)11-12-22(6)19(24)26-20(2,3)4/h8-10,13H,7,11-12H2,1-6H3. The average Bonchev–Trinajstić information content (AvgIpc) is 3.02. The summed E-state index contributed by atoms with van der Waals surface area (Å²) in [4.78, 5) is 28.4. The normalized spacial score (nSPS) is 11.3. The summed E-state index contributed by atoms with van der Waals surface area (Å²) in [5, 5.41) is 1.01. The highest BCUT2D eigenvalue weighted by atomic mass is 32.1. The van der Waals surface area contributed by atoms with E-state index in [1.165, 1.54) is 11.3 Å². The molecule has 2 rings (SSSR count). The van der Waals surface area contributed by atoms with Crippen molar-refractivity contribution in [1.29, 1.82) is 0 Å². The first-order valence-electron chi connectivity index (χ1n) is 8.97. The number of benzene rings is 1. The van der Waals surface area contributed by atoms with Crippen molar-refractivity contribution in [3.05, 3.63) is 29.1 Å². The number of ether oxygens (including phenoxy) is 2. The number of likely N-dealkylation sites (N-methyl/N-ethyl adjacent to an activating group) is 2. The predicted molar refractivity (Wildman–Crippen MR) is 110 cm³/mol. The van der Waals surface area contributed by atoms with Crippen LogP contribution in [0.2, 0.25) is 0 Å². The van der Waals surface area contributed by atoms with Gasteiger partial charge in [-0.05, 0) is 45.9 Å². The van der Waals surface area contributed by atoms with Gasteiger partial charge in [-0.2, -0.15) is 0 Å². The maximum absolute atomic E-state index is 12.1. The van der Waals surface area contributed by atoms with Crippen LogP contribution in [0.1, 0.15) is 37.4 Å². The van der Waals surface area contributed by atoms with Gasteiger partial charge < -0.3 is 19.3 Å². The number of thiophene rings is 1. The van der Waals surface area contributed by atoms with Crippen LogP contribution < -0.4 is 4.90 Å². The van der Waals surface area contributed by atoms with Crippen LogP contribution in [0.5, 0.6) is 0 Å². The fraction of sp³-hybridized carbons (Fsp3) is 0.500. The summed E-state index contributed by atoms with van der Waals surface area (Å²) < 4.78 is 11.5. The van der Waals surface area contributed by atoms with Gasteiger partial charge in [0.05, 0.1) is 6.61 Å². The number of rotatable bonds is 6. The average molecular weight is 393 g/mol. The van der Waals surface area contributed by atoms with Gasteiger partial charge in [-0.15, -0.1) is 11.3 Å². The number of carbonyl (C=O) groups is 2. The summed E-state index contributed by atoms with van der Waals surface area (Å²) in [6, 6.07) is 7.85. The first-order valence-corrected chi connectivity index (χ1v) is 9.79. The van der Waals surface area contributed by atoms with Gasteiger partial charge in [0.1, 0.15) is 10.5 Å². The molecule has 0 saturated carbocycles. The van der Waals surface area contributed by atoms with Gasteiger partial charge in [0.15, 0.2) is 0 Å². The van der Waals surface area contributed by atoms with Crippen LogP contribution in [0, 0.1) is 0 Å². The first kappa shape index (κ1) is 21.0. The van der Waals surface area contributed by atoms with Crippen molar-refractivity contribution in [3.63, 3.8) is 0 Å². The van der Waals surface area contributed by atoms with E-state index < -0.39 is 5.60 Å². The maximum atomic E-state index is 12.1. The molecule has 0 bridgehead atoms. The summed E-state index contributed by atoms with van der Waals surface area (Å²) in [5.74, 6) is -0.294. The largest absolute Gasteiger partial charge is 0.462 e. The SMILES string of the molecule is CCOC(=O)c1cc2c(N(C)CCN(C)C(=O)OC(C)(C)C)cccc2s1. The Hall–Kier alpha value is -2.28. The molecule has 27 heavy (non-hydrogen) atoms. The van der Waals surface area contributed by atoms with Crippen LogP contribution in [-0.4, -0.2) is 56.4 Å². The Labute approximate surface area is 164 Å². The topological polar surface area (TPSA) is 59.1 Å². The number of nitrogens with zero attached hydrogens (tertiary/aromatic N) is 2. The van der Waals surface area contributed by atoms with Crippen LogP contribution in [0.3, 0.4) is 0 Å². The second-order valence-corrected chi connectivity index (χ2v) is 8.43. The lowest BCUT2D eigenvalue weighted by atomic mass is 10.2. The molecule has 1 amide bonds. The molecule has 0 aliphatic carbocycles. The number of anilines is 1. The number of carbonyl (C=O) groups excluding carboxylic acids is 2. The number of hydrogen-bond donors (Lipinski definition) is 0. The molecule has 1 aromatic carbocycles. The van der Waals surface area contributed by atoms with Crippen LogP contribution in [0.15, 0.2) is 24.3 Å². The summed E-state index contributed by atoms with van der Waals surface area (Å²) in [7, 11) is 3.70. The van der Waals surface area contributed by atoms with Gasteiger partial charge in [-0.3, -0.25) is 0 Å². The molecule has 1 aromatic heterocycles. The summed E-state index contributed by atoms with van der Waals surface area (Å²) in [6.07, 6.45) is -0.339. The monoisotopic (exact) mass is 392 g/mol. The Bertz CT molecular complexity index is 810. The third kappa shape index (κ3) is 5.60. The molecule has 0 aliphatic heterocycles. The third-order valence-corrected chi connectivity index (χ3v) is 4.98. The third-order valence-electron chi connectivity index (χ3n) is 3.90. The molecule has 0 unspecified atom stereocenters. The van der Waals surface area contributed by atoms with E-state index in [0.29, 0.717) is 24.6 Å². The summed E-state index contributed by atoms with van der Waals surface area (Å²) >= 11 is 1.43. The van der Waals surface area contributed by atoms with Crippen molar-refractivity contribution in [1.82, 2.24) is 4.90 Å². The molecule has 0 spiro atoms. The van der Waals surface area contributed by atoms with Gasteiger partial charge in [0.2, 0.25) is 0 Å². The molecule has 6 nitrogen and oxygen atoms in total.